The quantitative estimate of drug-likeness (QED) is 0.809. The van der Waals surface area contributed by atoms with Crippen LogP contribution < -0.4 is 5.32 Å². The van der Waals surface area contributed by atoms with Crippen LogP contribution in [-0.2, 0) is 11.3 Å². The molecule has 2 aliphatic rings. The molecule has 7 heteroatoms. The van der Waals surface area contributed by atoms with Gasteiger partial charge in [0.25, 0.3) is 5.91 Å². The topological polar surface area (TPSA) is 88.3 Å². The summed E-state index contributed by atoms with van der Waals surface area (Å²) in [6.45, 7) is 1.72. The first-order valence-electron chi connectivity index (χ1n) is 6.54. The molecule has 0 aromatic carbocycles. The van der Waals surface area contributed by atoms with Gasteiger partial charge in [-0.25, -0.2) is 4.79 Å². The number of aryl methyl sites for hydroxylation is 1. The van der Waals surface area contributed by atoms with Crippen LogP contribution in [0.2, 0.25) is 0 Å². The Morgan fingerprint density at radius 1 is 1.26 bits per heavy atom. The number of nitrogens with one attached hydrogen (secondary N) is 1. The minimum atomic E-state index is -0.690. The first kappa shape index (κ1) is 12.1. The smallest absolute Gasteiger partial charge is 0.325 e. The van der Waals surface area contributed by atoms with Crippen molar-refractivity contribution in [1.82, 2.24) is 20.4 Å². The van der Waals surface area contributed by atoms with E-state index in [4.69, 9.17) is 4.42 Å². The van der Waals surface area contributed by atoms with Gasteiger partial charge >= 0.3 is 6.03 Å². The summed E-state index contributed by atoms with van der Waals surface area (Å²) in [6.07, 6.45) is 4.50. The molecule has 2 fully saturated rings. The fourth-order valence-corrected chi connectivity index (χ4v) is 2.85. The molecule has 3 rings (SSSR count). The zero-order chi connectivity index (χ0) is 13.5. The molecular weight excluding hydrogens is 248 g/mol. The summed E-state index contributed by atoms with van der Waals surface area (Å²) >= 11 is 0. The van der Waals surface area contributed by atoms with E-state index in [9.17, 15) is 9.59 Å². The Hall–Kier alpha value is -1.92. The van der Waals surface area contributed by atoms with Crippen molar-refractivity contribution in [3.05, 3.63) is 11.8 Å². The van der Waals surface area contributed by atoms with Gasteiger partial charge in [0.2, 0.25) is 11.8 Å². The van der Waals surface area contributed by atoms with Gasteiger partial charge in [-0.2, -0.15) is 0 Å². The van der Waals surface area contributed by atoms with Crippen LogP contribution in [0.15, 0.2) is 4.42 Å². The zero-order valence-electron chi connectivity index (χ0n) is 10.8. The number of nitrogens with zero attached hydrogens (tertiary/aromatic N) is 3. The Labute approximate surface area is 110 Å². The fraction of sp³-hybridized carbons (Fsp3) is 0.667. The standard InChI is InChI=1S/C12H16N4O3/c1-8-14-15-9(19-8)7-16-10(17)12(13-11(16)18)5-3-2-4-6-12/h2-7H2,1H3,(H,13,18). The lowest BCUT2D eigenvalue weighted by Gasteiger charge is -2.30. The number of carbonyl (C=O) groups is 2. The van der Waals surface area contributed by atoms with Gasteiger partial charge in [0.05, 0.1) is 0 Å². The van der Waals surface area contributed by atoms with E-state index in [1.807, 2.05) is 0 Å². The highest BCUT2D eigenvalue weighted by molar-refractivity contribution is 6.06. The highest BCUT2D eigenvalue weighted by Gasteiger charge is 2.51. The molecule has 1 aromatic rings. The van der Waals surface area contributed by atoms with Gasteiger partial charge in [-0.05, 0) is 12.8 Å². The molecular formula is C12H16N4O3. The summed E-state index contributed by atoms with van der Waals surface area (Å²) < 4.78 is 5.22. The highest BCUT2D eigenvalue weighted by atomic mass is 16.4. The molecule has 0 radical (unpaired) electrons. The average molecular weight is 264 g/mol. The van der Waals surface area contributed by atoms with Crippen LogP contribution in [0.3, 0.4) is 0 Å². The first-order chi connectivity index (χ1) is 9.11. The Balaban J connectivity index is 1.79. The second-order valence-corrected chi connectivity index (χ2v) is 5.18. The Bertz CT molecular complexity index is 519. The van der Waals surface area contributed by atoms with Crippen molar-refractivity contribution in [2.75, 3.05) is 0 Å². The summed E-state index contributed by atoms with van der Waals surface area (Å²) in [5.74, 6) is 0.552. The number of imide groups is 1. The van der Waals surface area contributed by atoms with Crippen molar-refractivity contribution < 1.29 is 14.0 Å². The van der Waals surface area contributed by atoms with E-state index in [0.29, 0.717) is 5.89 Å². The maximum Gasteiger partial charge on any atom is 0.325 e. The maximum absolute atomic E-state index is 12.5. The van der Waals surface area contributed by atoms with Crippen LogP contribution in [0, 0.1) is 6.92 Å². The zero-order valence-corrected chi connectivity index (χ0v) is 10.8. The predicted octanol–water partition coefficient (Wildman–Crippen LogP) is 1.13. The van der Waals surface area contributed by atoms with E-state index in [1.54, 1.807) is 6.92 Å². The second kappa shape index (κ2) is 4.32. The normalized spacial score (nSPS) is 22.1. The first-order valence-corrected chi connectivity index (χ1v) is 6.54. The Kier molecular flexibility index (Phi) is 2.76. The molecule has 0 bridgehead atoms. The molecule has 0 unspecified atom stereocenters. The number of aromatic nitrogens is 2. The molecule has 1 saturated heterocycles. The van der Waals surface area contributed by atoms with Crippen molar-refractivity contribution in [1.29, 1.82) is 0 Å². The van der Waals surface area contributed by atoms with Crippen molar-refractivity contribution >= 4 is 11.9 Å². The SMILES string of the molecule is Cc1nnc(CN2C(=O)NC3(CCCCC3)C2=O)o1. The molecule has 0 atom stereocenters. The summed E-state index contributed by atoms with van der Waals surface area (Å²) in [4.78, 5) is 25.6. The molecule has 1 aromatic heterocycles. The van der Waals surface area contributed by atoms with Crippen LogP contribution in [0.1, 0.15) is 43.9 Å². The molecule has 1 aliphatic carbocycles. The molecule has 7 nitrogen and oxygen atoms in total. The van der Waals surface area contributed by atoms with Gasteiger partial charge in [0, 0.05) is 6.92 Å². The van der Waals surface area contributed by atoms with Gasteiger partial charge < -0.3 is 9.73 Å². The second-order valence-electron chi connectivity index (χ2n) is 5.18. The lowest BCUT2D eigenvalue weighted by Crippen LogP contribution is -2.48. The van der Waals surface area contributed by atoms with Crippen LogP contribution in [0.4, 0.5) is 4.79 Å². The molecule has 1 aliphatic heterocycles. The third-order valence-corrected chi connectivity index (χ3v) is 3.81. The summed E-state index contributed by atoms with van der Waals surface area (Å²) in [5.41, 5.74) is -0.690. The number of urea groups is 1. The maximum atomic E-state index is 12.5. The molecule has 102 valence electrons. The van der Waals surface area contributed by atoms with Crippen molar-refractivity contribution in [2.24, 2.45) is 0 Å². The monoisotopic (exact) mass is 264 g/mol. The van der Waals surface area contributed by atoms with Crippen LogP contribution >= 0.6 is 0 Å². The lowest BCUT2D eigenvalue weighted by molar-refractivity contribution is -0.133. The third-order valence-electron chi connectivity index (χ3n) is 3.81. The summed E-state index contributed by atoms with van der Waals surface area (Å²) in [7, 11) is 0. The van der Waals surface area contributed by atoms with Gasteiger partial charge in [0.1, 0.15) is 12.1 Å². The van der Waals surface area contributed by atoms with Crippen molar-refractivity contribution in [3.63, 3.8) is 0 Å². The van der Waals surface area contributed by atoms with Crippen LogP contribution in [0.5, 0.6) is 0 Å². The Morgan fingerprint density at radius 3 is 2.63 bits per heavy atom. The number of hydrogen-bond donors (Lipinski definition) is 1. The van der Waals surface area contributed by atoms with Gasteiger partial charge in [-0.15, -0.1) is 10.2 Å². The lowest BCUT2D eigenvalue weighted by atomic mass is 9.82. The number of rotatable bonds is 2. The minimum Gasteiger partial charge on any atom is -0.424 e. The van der Waals surface area contributed by atoms with Crippen LogP contribution in [0.25, 0.3) is 0 Å². The largest absolute Gasteiger partial charge is 0.424 e. The number of amides is 3. The molecule has 3 amide bonds. The molecule has 2 heterocycles. The average Bonchev–Trinajstić information content (AvgIpc) is 2.89. The van der Waals surface area contributed by atoms with E-state index in [0.717, 1.165) is 32.1 Å². The molecule has 19 heavy (non-hydrogen) atoms. The number of hydrogen-bond acceptors (Lipinski definition) is 5. The fourth-order valence-electron chi connectivity index (χ4n) is 2.85. The van der Waals surface area contributed by atoms with Crippen molar-refractivity contribution in [2.45, 2.75) is 51.1 Å². The van der Waals surface area contributed by atoms with E-state index in [2.05, 4.69) is 15.5 Å². The molecule has 1 saturated carbocycles. The van der Waals surface area contributed by atoms with Crippen molar-refractivity contribution in [3.8, 4) is 0 Å². The van der Waals surface area contributed by atoms with E-state index in [1.165, 1.54) is 4.90 Å². The van der Waals surface area contributed by atoms with E-state index >= 15 is 0 Å². The van der Waals surface area contributed by atoms with Gasteiger partial charge in [0.15, 0.2) is 0 Å². The van der Waals surface area contributed by atoms with E-state index in [-0.39, 0.29) is 24.4 Å². The molecule has 1 N–H and O–H groups in total. The summed E-state index contributed by atoms with van der Waals surface area (Å²) in [5, 5.41) is 10.4. The van der Waals surface area contributed by atoms with E-state index < -0.39 is 5.54 Å². The molecule has 1 spiro atoms. The Morgan fingerprint density at radius 2 is 2.00 bits per heavy atom. The highest BCUT2D eigenvalue weighted by Crippen LogP contribution is 2.34. The minimum absolute atomic E-state index is 0.0489. The predicted molar refractivity (Wildman–Crippen MR) is 63.9 cm³/mol. The third kappa shape index (κ3) is 1.98. The van der Waals surface area contributed by atoms with Gasteiger partial charge in [-0.3, -0.25) is 9.69 Å². The summed E-state index contributed by atoms with van der Waals surface area (Å²) in [6, 6.07) is -0.359. The van der Waals surface area contributed by atoms with Crippen LogP contribution in [-0.4, -0.2) is 32.6 Å². The van der Waals surface area contributed by atoms with Gasteiger partial charge in [-0.1, -0.05) is 19.3 Å². The number of carbonyl (C=O) groups excluding carboxylic acids is 2.